The van der Waals surface area contributed by atoms with Crippen molar-refractivity contribution in [2.75, 3.05) is 32.0 Å². The van der Waals surface area contributed by atoms with Gasteiger partial charge in [0, 0.05) is 6.54 Å². The van der Waals surface area contributed by atoms with E-state index in [2.05, 4.69) is 17.3 Å². The summed E-state index contributed by atoms with van der Waals surface area (Å²) >= 11 is 0. The Morgan fingerprint density at radius 3 is 2.60 bits per heavy atom. The number of halogens is 2. The van der Waals surface area contributed by atoms with Gasteiger partial charge in [0.1, 0.15) is 0 Å². The molecule has 1 heterocycles. The summed E-state index contributed by atoms with van der Waals surface area (Å²) in [6.45, 7) is 2.57. The smallest absolute Gasteiger partial charge is 0.338 e. The molecular weight excluding hydrogens is 266 g/mol. The standard InChI is InChI=1S/C14H18F2N2O2/c1-18-6-4-9(5-7-18)8-17-11-3-2-10(14(19)20)12(15)13(11)16/h2-3,9,17H,4-8H2,1H3,(H,19,20). The van der Waals surface area contributed by atoms with E-state index in [9.17, 15) is 13.6 Å². The molecule has 2 N–H and O–H groups in total. The Bertz CT molecular complexity index is 500. The van der Waals surface area contributed by atoms with E-state index < -0.39 is 23.2 Å². The summed E-state index contributed by atoms with van der Waals surface area (Å²) in [6.07, 6.45) is 2.03. The first kappa shape index (κ1) is 14.7. The van der Waals surface area contributed by atoms with E-state index >= 15 is 0 Å². The van der Waals surface area contributed by atoms with Crippen LogP contribution in [0.15, 0.2) is 12.1 Å². The van der Waals surface area contributed by atoms with Crippen LogP contribution in [0.1, 0.15) is 23.2 Å². The Morgan fingerprint density at radius 2 is 2.00 bits per heavy atom. The van der Waals surface area contributed by atoms with E-state index in [1.807, 2.05) is 0 Å². The molecule has 0 radical (unpaired) electrons. The van der Waals surface area contributed by atoms with Crippen LogP contribution in [0, 0.1) is 17.6 Å². The first-order valence-electron chi connectivity index (χ1n) is 6.62. The highest BCUT2D eigenvalue weighted by atomic mass is 19.2. The molecule has 2 rings (SSSR count). The van der Waals surface area contributed by atoms with Gasteiger partial charge in [0.25, 0.3) is 0 Å². The highest BCUT2D eigenvalue weighted by Crippen LogP contribution is 2.22. The third-order valence-electron chi connectivity index (χ3n) is 3.73. The van der Waals surface area contributed by atoms with Crippen LogP contribution in [0.2, 0.25) is 0 Å². The largest absolute Gasteiger partial charge is 0.478 e. The molecule has 0 atom stereocenters. The highest BCUT2D eigenvalue weighted by molar-refractivity contribution is 5.88. The van der Waals surface area contributed by atoms with Crippen molar-refractivity contribution in [3.63, 3.8) is 0 Å². The predicted molar refractivity (Wildman–Crippen MR) is 72.0 cm³/mol. The van der Waals surface area contributed by atoms with Gasteiger partial charge in [-0.2, -0.15) is 0 Å². The monoisotopic (exact) mass is 284 g/mol. The second-order valence-corrected chi connectivity index (χ2v) is 5.22. The lowest BCUT2D eigenvalue weighted by molar-refractivity contribution is 0.0690. The minimum Gasteiger partial charge on any atom is -0.478 e. The summed E-state index contributed by atoms with van der Waals surface area (Å²) in [5.41, 5.74) is -0.626. The van der Waals surface area contributed by atoms with E-state index in [4.69, 9.17) is 5.11 Å². The van der Waals surface area contributed by atoms with Gasteiger partial charge in [-0.3, -0.25) is 0 Å². The van der Waals surface area contributed by atoms with Gasteiger partial charge in [-0.15, -0.1) is 0 Å². The number of benzene rings is 1. The van der Waals surface area contributed by atoms with Gasteiger partial charge in [0.05, 0.1) is 11.3 Å². The Kier molecular flexibility index (Phi) is 4.54. The molecule has 1 aliphatic heterocycles. The maximum absolute atomic E-state index is 13.7. The number of hydrogen-bond donors (Lipinski definition) is 2. The molecule has 0 unspecified atom stereocenters. The molecule has 0 bridgehead atoms. The summed E-state index contributed by atoms with van der Waals surface area (Å²) in [7, 11) is 2.06. The van der Waals surface area contributed by atoms with Crippen LogP contribution in [0.5, 0.6) is 0 Å². The number of rotatable bonds is 4. The molecule has 6 heteroatoms. The number of nitrogens with one attached hydrogen (secondary N) is 1. The fourth-order valence-corrected chi connectivity index (χ4v) is 2.37. The zero-order valence-corrected chi connectivity index (χ0v) is 11.3. The average Bonchev–Trinajstić information content (AvgIpc) is 2.42. The lowest BCUT2D eigenvalue weighted by atomic mass is 9.97. The molecular formula is C14H18F2N2O2. The molecule has 0 saturated carbocycles. The minimum atomic E-state index is -1.47. The minimum absolute atomic E-state index is 0.0198. The first-order chi connectivity index (χ1) is 9.49. The topological polar surface area (TPSA) is 52.6 Å². The summed E-state index contributed by atoms with van der Waals surface area (Å²) in [4.78, 5) is 12.9. The predicted octanol–water partition coefficient (Wildman–Crippen LogP) is 2.42. The summed E-state index contributed by atoms with van der Waals surface area (Å²) in [5, 5.41) is 11.6. The third kappa shape index (κ3) is 3.25. The highest BCUT2D eigenvalue weighted by Gasteiger charge is 2.20. The molecule has 1 aliphatic rings. The average molecular weight is 284 g/mol. The Hall–Kier alpha value is -1.69. The van der Waals surface area contributed by atoms with Crippen molar-refractivity contribution < 1.29 is 18.7 Å². The van der Waals surface area contributed by atoms with Crippen molar-refractivity contribution in [2.45, 2.75) is 12.8 Å². The normalized spacial score (nSPS) is 17.1. The zero-order valence-electron chi connectivity index (χ0n) is 11.3. The molecule has 0 aromatic heterocycles. The molecule has 20 heavy (non-hydrogen) atoms. The van der Waals surface area contributed by atoms with E-state index in [-0.39, 0.29) is 5.69 Å². The van der Waals surface area contributed by atoms with Gasteiger partial charge in [-0.1, -0.05) is 0 Å². The first-order valence-corrected chi connectivity index (χ1v) is 6.62. The molecule has 1 saturated heterocycles. The van der Waals surface area contributed by atoms with Crippen molar-refractivity contribution >= 4 is 11.7 Å². The number of nitrogens with zero attached hydrogens (tertiary/aromatic N) is 1. The van der Waals surface area contributed by atoms with Crippen LogP contribution in [-0.4, -0.2) is 42.7 Å². The van der Waals surface area contributed by atoms with Crippen molar-refractivity contribution in [1.29, 1.82) is 0 Å². The zero-order chi connectivity index (χ0) is 14.7. The maximum atomic E-state index is 13.7. The van der Waals surface area contributed by atoms with E-state index in [0.717, 1.165) is 32.0 Å². The lowest BCUT2D eigenvalue weighted by Gasteiger charge is -2.29. The van der Waals surface area contributed by atoms with Gasteiger partial charge in [0.15, 0.2) is 11.6 Å². The van der Waals surface area contributed by atoms with Gasteiger partial charge < -0.3 is 15.3 Å². The summed E-state index contributed by atoms with van der Waals surface area (Å²) in [6, 6.07) is 2.36. The van der Waals surface area contributed by atoms with Crippen LogP contribution in [0.4, 0.5) is 14.5 Å². The molecule has 110 valence electrons. The number of likely N-dealkylation sites (tertiary alicyclic amines) is 1. The van der Waals surface area contributed by atoms with Crippen LogP contribution < -0.4 is 5.32 Å². The number of anilines is 1. The van der Waals surface area contributed by atoms with Crippen molar-refractivity contribution in [3.8, 4) is 0 Å². The van der Waals surface area contributed by atoms with Crippen LogP contribution >= 0.6 is 0 Å². The fraction of sp³-hybridized carbons (Fsp3) is 0.500. The number of carboxylic acid groups (broad SMARTS) is 1. The van der Waals surface area contributed by atoms with Gasteiger partial charge in [0.2, 0.25) is 0 Å². The Balaban J connectivity index is 2.00. The molecule has 4 nitrogen and oxygen atoms in total. The van der Waals surface area contributed by atoms with Gasteiger partial charge in [-0.05, 0) is 51.0 Å². The van der Waals surface area contributed by atoms with Gasteiger partial charge >= 0.3 is 5.97 Å². The van der Waals surface area contributed by atoms with Crippen molar-refractivity contribution in [2.24, 2.45) is 5.92 Å². The van der Waals surface area contributed by atoms with E-state index in [1.165, 1.54) is 6.07 Å². The summed E-state index contributed by atoms with van der Waals surface area (Å²) < 4.78 is 27.3. The molecule has 1 aromatic carbocycles. The molecule has 1 fully saturated rings. The van der Waals surface area contributed by atoms with Crippen LogP contribution in [0.25, 0.3) is 0 Å². The molecule has 0 spiro atoms. The molecule has 1 aromatic rings. The number of hydrogen-bond acceptors (Lipinski definition) is 3. The fourth-order valence-electron chi connectivity index (χ4n) is 2.37. The third-order valence-corrected chi connectivity index (χ3v) is 3.73. The van der Waals surface area contributed by atoms with Crippen molar-refractivity contribution in [1.82, 2.24) is 4.90 Å². The Morgan fingerprint density at radius 1 is 1.35 bits per heavy atom. The number of piperidine rings is 1. The van der Waals surface area contributed by atoms with Crippen molar-refractivity contribution in [3.05, 3.63) is 29.3 Å². The Labute approximate surface area is 116 Å². The van der Waals surface area contributed by atoms with Crippen LogP contribution in [-0.2, 0) is 0 Å². The van der Waals surface area contributed by atoms with Crippen LogP contribution in [0.3, 0.4) is 0 Å². The van der Waals surface area contributed by atoms with Gasteiger partial charge in [-0.25, -0.2) is 13.6 Å². The summed E-state index contributed by atoms with van der Waals surface area (Å²) in [5.74, 6) is -3.49. The van der Waals surface area contributed by atoms with E-state index in [1.54, 1.807) is 0 Å². The SMILES string of the molecule is CN1CCC(CNc2ccc(C(=O)O)c(F)c2F)CC1. The number of aromatic carboxylic acids is 1. The number of carbonyl (C=O) groups is 1. The second kappa shape index (κ2) is 6.17. The van der Waals surface area contributed by atoms with E-state index in [0.29, 0.717) is 12.5 Å². The number of carboxylic acids is 1. The lowest BCUT2D eigenvalue weighted by Crippen LogP contribution is -2.33. The quantitative estimate of drug-likeness (QED) is 0.891. The second-order valence-electron chi connectivity index (χ2n) is 5.22. The maximum Gasteiger partial charge on any atom is 0.338 e. The molecule has 0 aliphatic carbocycles. The molecule has 0 amide bonds.